The van der Waals surface area contributed by atoms with Crippen LogP contribution in [0.3, 0.4) is 0 Å². The molecule has 1 N–H and O–H groups in total. The number of hydrogen-bond donors (Lipinski definition) is 1. The number of aryl methyl sites for hydroxylation is 1. The first kappa shape index (κ1) is 19.8. The second-order valence-corrected chi connectivity index (χ2v) is 9.89. The van der Waals surface area contributed by atoms with E-state index in [4.69, 9.17) is 0 Å². The zero-order valence-electron chi connectivity index (χ0n) is 14.7. The monoisotopic (exact) mass is 417 g/mol. The fourth-order valence-electron chi connectivity index (χ4n) is 3.59. The van der Waals surface area contributed by atoms with E-state index in [1.807, 2.05) is 13.0 Å². The number of nitrogens with one attached hydrogen (secondary N) is 1. The number of aromatic nitrogens is 3. The third-order valence-electron chi connectivity index (χ3n) is 5.05. The Hall–Kier alpha value is -1.00. The zero-order chi connectivity index (χ0) is 17.4. The van der Waals surface area contributed by atoms with Crippen molar-refractivity contribution < 1.29 is 8.42 Å². The molecule has 144 valence electrons. The van der Waals surface area contributed by atoms with Gasteiger partial charge in [0.05, 0.1) is 6.54 Å². The minimum atomic E-state index is -3.36. The molecule has 4 heterocycles. The number of thiophene rings is 1. The van der Waals surface area contributed by atoms with Crippen LogP contribution in [0.25, 0.3) is 0 Å². The maximum Gasteiger partial charge on any atom is 0.252 e. The van der Waals surface area contributed by atoms with Gasteiger partial charge in [0.1, 0.15) is 15.9 Å². The van der Waals surface area contributed by atoms with Crippen molar-refractivity contribution in [2.24, 2.45) is 0 Å². The van der Waals surface area contributed by atoms with Gasteiger partial charge < -0.3 is 9.88 Å². The highest BCUT2D eigenvalue weighted by atomic mass is 35.5. The van der Waals surface area contributed by atoms with Crippen LogP contribution in [0, 0.1) is 0 Å². The highest BCUT2D eigenvalue weighted by Gasteiger charge is 2.33. The number of nitrogens with zero attached hydrogens (tertiary/aromatic N) is 4. The number of hydrogen-bond acceptors (Lipinski definition) is 6. The molecule has 7 nitrogen and oxygen atoms in total. The van der Waals surface area contributed by atoms with Crippen LogP contribution in [-0.4, -0.2) is 47.1 Å². The minimum absolute atomic E-state index is 0. The maximum atomic E-state index is 12.8. The normalized spacial score (nSPS) is 19.1. The molecule has 2 aromatic rings. The third kappa shape index (κ3) is 3.55. The van der Waals surface area contributed by atoms with Crippen molar-refractivity contribution in [1.29, 1.82) is 0 Å². The van der Waals surface area contributed by atoms with Crippen LogP contribution in [0.15, 0.2) is 16.3 Å². The Morgan fingerprint density at radius 3 is 2.69 bits per heavy atom. The summed E-state index contributed by atoms with van der Waals surface area (Å²) in [5.41, 5.74) is 0. The van der Waals surface area contributed by atoms with Gasteiger partial charge >= 0.3 is 0 Å². The molecule has 0 unspecified atom stereocenters. The molecule has 1 saturated heterocycles. The predicted octanol–water partition coefficient (Wildman–Crippen LogP) is 2.00. The summed E-state index contributed by atoms with van der Waals surface area (Å²) in [6.07, 6.45) is 2.47. The van der Waals surface area contributed by atoms with Crippen LogP contribution >= 0.6 is 23.7 Å². The van der Waals surface area contributed by atoms with E-state index in [1.54, 1.807) is 10.4 Å². The Bertz CT molecular complexity index is 856. The van der Waals surface area contributed by atoms with Crippen molar-refractivity contribution in [1.82, 2.24) is 24.4 Å². The van der Waals surface area contributed by atoms with Crippen LogP contribution < -0.4 is 5.32 Å². The van der Waals surface area contributed by atoms with Crippen molar-refractivity contribution in [3.8, 4) is 0 Å². The molecule has 0 saturated carbocycles. The molecular weight excluding hydrogens is 394 g/mol. The van der Waals surface area contributed by atoms with Gasteiger partial charge in [-0.2, -0.15) is 4.31 Å². The first-order valence-electron chi connectivity index (χ1n) is 8.81. The van der Waals surface area contributed by atoms with E-state index in [-0.39, 0.29) is 12.4 Å². The number of piperidine rings is 1. The average Bonchev–Trinajstić information content (AvgIpc) is 3.29. The van der Waals surface area contributed by atoms with Crippen molar-refractivity contribution in [2.45, 2.75) is 49.4 Å². The van der Waals surface area contributed by atoms with Gasteiger partial charge in [-0.3, -0.25) is 0 Å². The molecule has 10 heteroatoms. The Balaban J connectivity index is 0.00000196. The molecule has 4 rings (SSSR count). The molecule has 0 spiro atoms. The summed E-state index contributed by atoms with van der Waals surface area (Å²) >= 11 is 1.39. The summed E-state index contributed by atoms with van der Waals surface area (Å²) in [6, 6.07) is 3.66. The fraction of sp³-hybridized carbons (Fsp3) is 0.625. The summed E-state index contributed by atoms with van der Waals surface area (Å²) in [4.78, 5) is 1.11. The first-order chi connectivity index (χ1) is 12.1. The van der Waals surface area contributed by atoms with Gasteiger partial charge in [-0.15, -0.1) is 33.9 Å². The quantitative estimate of drug-likeness (QED) is 0.822. The van der Waals surface area contributed by atoms with Crippen molar-refractivity contribution in [2.75, 3.05) is 19.6 Å². The number of sulfonamides is 1. The lowest BCUT2D eigenvalue weighted by molar-refractivity contribution is 0.307. The van der Waals surface area contributed by atoms with Crippen LogP contribution in [0.1, 0.15) is 42.2 Å². The molecule has 2 aliphatic rings. The van der Waals surface area contributed by atoms with E-state index < -0.39 is 10.0 Å². The highest BCUT2D eigenvalue weighted by molar-refractivity contribution is 7.91. The number of rotatable bonds is 4. The van der Waals surface area contributed by atoms with Crippen LogP contribution in [0.2, 0.25) is 0 Å². The van der Waals surface area contributed by atoms with E-state index >= 15 is 0 Å². The van der Waals surface area contributed by atoms with Crippen molar-refractivity contribution in [3.05, 3.63) is 28.7 Å². The van der Waals surface area contributed by atoms with Gasteiger partial charge in [-0.25, -0.2) is 8.42 Å². The first-order valence-corrected chi connectivity index (χ1v) is 11.1. The van der Waals surface area contributed by atoms with Crippen molar-refractivity contribution >= 4 is 33.8 Å². The summed E-state index contributed by atoms with van der Waals surface area (Å²) in [7, 11) is -3.36. The van der Waals surface area contributed by atoms with Crippen LogP contribution in [-0.2, 0) is 29.5 Å². The van der Waals surface area contributed by atoms with E-state index in [0.29, 0.717) is 23.2 Å². The summed E-state index contributed by atoms with van der Waals surface area (Å²) in [5.74, 6) is 2.31. The van der Waals surface area contributed by atoms with Crippen molar-refractivity contribution in [3.63, 3.8) is 0 Å². The molecule has 1 fully saturated rings. The average molecular weight is 418 g/mol. The SMILES string of the molecule is CCc1ccc(S(=O)(=O)N2CCC(c3nnc4n3CCNC4)CC2)s1.Cl. The largest absolute Gasteiger partial charge is 0.312 e. The molecule has 0 bridgehead atoms. The molecular formula is C16H24ClN5O2S2. The van der Waals surface area contributed by atoms with Crippen LogP contribution in [0.4, 0.5) is 0 Å². The summed E-state index contributed by atoms with van der Waals surface area (Å²) in [5, 5.41) is 12.0. The van der Waals surface area contributed by atoms with Gasteiger partial charge in [-0.1, -0.05) is 6.92 Å². The topological polar surface area (TPSA) is 80.1 Å². The van der Waals surface area contributed by atoms with Gasteiger partial charge in [0, 0.05) is 37.0 Å². The molecule has 2 aromatic heterocycles. The molecule has 0 aliphatic carbocycles. The van der Waals surface area contributed by atoms with E-state index in [1.165, 1.54) is 11.3 Å². The number of fused-ring (bicyclic) bond motifs is 1. The second kappa shape index (κ2) is 7.93. The van der Waals surface area contributed by atoms with Gasteiger partial charge in [0.25, 0.3) is 10.0 Å². The standard InChI is InChI=1S/C16H23N5O2S2.ClH/c1-2-13-3-4-15(24-13)25(22,23)20-8-5-12(6-9-20)16-19-18-14-11-17-7-10-21(14)16;/h3-4,12,17H,2,5-11H2,1H3;1H. The predicted molar refractivity (Wildman–Crippen MR) is 103 cm³/mol. The molecule has 0 amide bonds. The van der Waals surface area contributed by atoms with E-state index in [0.717, 1.165) is 55.4 Å². The smallest absolute Gasteiger partial charge is 0.252 e. The Morgan fingerprint density at radius 2 is 2.00 bits per heavy atom. The minimum Gasteiger partial charge on any atom is -0.312 e. The zero-order valence-corrected chi connectivity index (χ0v) is 17.2. The fourth-order valence-corrected chi connectivity index (χ4v) is 6.50. The van der Waals surface area contributed by atoms with Gasteiger partial charge in [-0.05, 0) is 31.4 Å². The highest BCUT2D eigenvalue weighted by Crippen LogP contribution is 2.32. The van der Waals surface area contributed by atoms with Gasteiger partial charge in [0.2, 0.25) is 0 Å². The lowest BCUT2D eigenvalue weighted by Crippen LogP contribution is -2.38. The van der Waals surface area contributed by atoms with E-state index in [2.05, 4.69) is 20.1 Å². The summed E-state index contributed by atoms with van der Waals surface area (Å²) in [6.45, 7) is 5.73. The van der Waals surface area contributed by atoms with Gasteiger partial charge in [0.15, 0.2) is 0 Å². The second-order valence-electron chi connectivity index (χ2n) is 6.56. The lowest BCUT2D eigenvalue weighted by Gasteiger charge is -2.31. The molecule has 26 heavy (non-hydrogen) atoms. The Labute approximate surface area is 164 Å². The van der Waals surface area contributed by atoms with E-state index in [9.17, 15) is 8.42 Å². The lowest BCUT2D eigenvalue weighted by atomic mass is 9.97. The molecule has 0 aromatic carbocycles. The summed E-state index contributed by atoms with van der Waals surface area (Å²) < 4.78 is 30.0. The Morgan fingerprint density at radius 1 is 1.23 bits per heavy atom. The maximum absolute atomic E-state index is 12.8. The third-order valence-corrected chi connectivity index (χ3v) is 8.65. The molecule has 0 atom stereocenters. The number of halogens is 1. The molecule has 2 aliphatic heterocycles. The van der Waals surface area contributed by atoms with Crippen LogP contribution in [0.5, 0.6) is 0 Å². The molecule has 0 radical (unpaired) electrons. The Kier molecular flexibility index (Phi) is 6.03.